The quantitative estimate of drug-likeness (QED) is 0.461. The molecule has 5 rings (SSSR count). The summed E-state index contributed by atoms with van der Waals surface area (Å²) >= 11 is 0. The molecule has 1 aliphatic heterocycles. The van der Waals surface area contributed by atoms with Crippen LogP contribution in [-0.2, 0) is 27.8 Å². The second-order valence-electron chi connectivity index (χ2n) is 12.1. The Morgan fingerprint density at radius 3 is 1.98 bits per heavy atom. The molecular weight excluding hydrogens is 532 g/mol. The predicted molar refractivity (Wildman–Crippen MR) is 157 cm³/mol. The topological polar surface area (TPSA) is 140 Å². The number of nitrogens with two attached hydrogens (primary N) is 1. The minimum Gasteiger partial charge on any atom is -0.369 e. The number of amides is 4. The molecule has 0 unspecified atom stereocenters. The Bertz CT molecular complexity index is 1420. The number of nitriles is 1. The Morgan fingerprint density at radius 1 is 0.952 bits per heavy atom. The van der Waals surface area contributed by atoms with Gasteiger partial charge >= 0.3 is 0 Å². The molecule has 3 N–H and O–H groups in total. The van der Waals surface area contributed by atoms with Crippen molar-refractivity contribution < 1.29 is 19.2 Å². The number of rotatable bonds is 8. The maximum Gasteiger partial charge on any atom is 0.253 e. The number of nitrogens with zero attached hydrogens (tertiary/aromatic N) is 4. The molecule has 0 aromatic heterocycles. The fourth-order valence-corrected chi connectivity index (χ4v) is 6.78. The van der Waals surface area contributed by atoms with Gasteiger partial charge in [0.05, 0.1) is 12.6 Å². The summed E-state index contributed by atoms with van der Waals surface area (Å²) in [5.41, 5.74) is 9.22. The first-order valence-electron chi connectivity index (χ1n) is 14.4. The standard InChI is InChI=1S/C32H38N6O4/c1-36(2)29(40)21-7-9-25-19(13-21)5-6-20-14-22(30(41)37(3)4)8-10-26(20)32(25,31(34)42)11-12-35-18-28(39)38-24(17-33)15-23-16-27(23)38/h7-10,13-14,23-24,27,35H,5-6,11-12,15-16,18H2,1-4H3,(H2,34,42)/t23-,24+,27+/m1/s1. The van der Waals surface area contributed by atoms with Crippen LogP contribution in [0.5, 0.6) is 0 Å². The zero-order chi connectivity index (χ0) is 30.3. The predicted octanol–water partition coefficient (Wildman–Crippen LogP) is 1.45. The molecular formula is C32H38N6O4. The lowest BCUT2D eigenvalue weighted by Gasteiger charge is -2.34. The molecule has 1 saturated heterocycles. The Kier molecular flexibility index (Phi) is 7.82. The average Bonchev–Trinajstić information content (AvgIpc) is 3.66. The van der Waals surface area contributed by atoms with Crippen molar-refractivity contribution in [3.8, 4) is 6.07 Å². The zero-order valence-electron chi connectivity index (χ0n) is 24.6. The van der Waals surface area contributed by atoms with Crippen LogP contribution in [0.25, 0.3) is 0 Å². The van der Waals surface area contributed by atoms with E-state index >= 15 is 0 Å². The van der Waals surface area contributed by atoms with Crippen LogP contribution in [0.15, 0.2) is 36.4 Å². The normalized spacial score (nSPS) is 21.2. The number of benzene rings is 2. The number of primary amides is 1. The molecule has 10 nitrogen and oxygen atoms in total. The van der Waals surface area contributed by atoms with E-state index in [0.29, 0.717) is 36.4 Å². The van der Waals surface area contributed by atoms with E-state index < -0.39 is 11.3 Å². The Labute approximate surface area is 246 Å². The lowest BCUT2D eigenvalue weighted by Crippen LogP contribution is -2.47. The summed E-state index contributed by atoms with van der Waals surface area (Å²) in [5.74, 6) is -0.495. The van der Waals surface area contributed by atoms with Crippen LogP contribution in [-0.4, -0.2) is 91.7 Å². The van der Waals surface area contributed by atoms with Gasteiger partial charge in [-0.15, -0.1) is 0 Å². The van der Waals surface area contributed by atoms with E-state index in [0.717, 1.165) is 35.1 Å². The van der Waals surface area contributed by atoms with Crippen LogP contribution in [0.2, 0.25) is 0 Å². The molecule has 42 heavy (non-hydrogen) atoms. The van der Waals surface area contributed by atoms with E-state index in [2.05, 4.69) is 11.4 Å². The SMILES string of the molecule is CN(C)C(=O)c1ccc2c(c1)CCc1cc(C(=O)N(C)C)ccc1C2(CCNCC(=O)N1[C@H](C#N)C[C@@H]2C[C@@H]21)C(N)=O. The largest absolute Gasteiger partial charge is 0.369 e. The summed E-state index contributed by atoms with van der Waals surface area (Å²) in [6.07, 6.45) is 3.08. The van der Waals surface area contributed by atoms with Gasteiger partial charge in [0.2, 0.25) is 11.8 Å². The molecule has 0 bridgehead atoms. The summed E-state index contributed by atoms with van der Waals surface area (Å²) in [5, 5.41) is 12.7. The summed E-state index contributed by atoms with van der Waals surface area (Å²) in [6, 6.07) is 12.8. The highest BCUT2D eigenvalue weighted by atomic mass is 16.2. The van der Waals surface area contributed by atoms with Crippen LogP contribution >= 0.6 is 0 Å². The van der Waals surface area contributed by atoms with Crippen molar-refractivity contribution in [3.63, 3.8) is 0 Å². The van der Waals surface area contributed by atoms with Gasteiger partial charge in [-0.3, -0.25) is 19.2 Å². The molecule has 2 aromatic rings. The Balaban J connectivity index is 1.49. The van der Waals surface area contributed by atoms with E-state index in [4.69, 9.17) is 5.73 Å². The smallest absolute Gasteiger partial charge is 0.253 e. The number of nitrogens with one attached hydrogen (secondary N) is 1. The molecule has 1 heterocycles. The molecule has 0 spiro atoms. The Morgan fingerprint density at radius 2 is 1.50 bits per heavy atom. The van der Waals surface area contributed by atoms with Gasteiger partial charge in [0.1, 0.15) is 11.5 Å². The van der Waals surface area contributed by atoms with Crippen molar-refractivity contribution in [2.75, 3.05) is 41.3 Å². The molecule has 2 aromatic carbocycles. The fraction of sp³-hybridized carbons (Fsp3) is 0.469. The van der Waals surface area contributed by atoms with E-state index in [1.165, 1.54) is 9.80 Å². The highest BCUT2D eigenvalue weighted by Gasteiger charge is 2.54. The monoisotopic (exact) mass is 570 g/mol. The number of piperidine rings is 1. The summed E-state index contributed by atoms with van der Waals surface area (Å²) in [7, 11) is 6.77. The minimum absolute atomic E-state index is 0.0580. The number of aryl methyl sites for hydroxylation is 2. The van der Waals surface area contributed by atoms with E-state index in [1.807, 2.05) is 24.3 Å². The first-order valence-corrected chi connectivity index (χ1v) is 14.4. The second kappa shape index (κ2) is 11.2. The molecule has 2 fully saturated rings. The molecule has 0 radical (unpaired) electrons. The van der Waals surface area contributed by atoms with Crippen molar-refractivity contribution in [1.82, 2.24) is 20.0 Å². The average molecular weight is 571 g/mol. The molecule has 3 atom stereocenters. The van der Waals surface area contributed by atoms with Crippen molar-refractivity contribution in [3.05, 3.63) is 69.8 Å². The van der Waals surface area contributed by atoms with Gasteiger partial charge in [0, 0.05) is 45.4 Å². The molecule has 1 saturated carbocycles. The number of hydrogen-bond acceptors (Lipinski definition) is 6. The van der Waals surface area contributed by atoms with Crippen molar-refractivity contribution in [2.45, 2.75) is 49.6 Å². The van der Waals surface area contributed by atoms with Gasteiger partial charge in [-0.05, 0) is 91.1 Å². The third kappa shape index (κ3) is 5.02. The van der Waals surface area contributed by atoms with Crippen LogP contribution in [0.1, 0.15) is 62.2 Å². The summed E-state index contributed by atoms with van der Waals surface area (Å²) in [6.45, 7) is 0.367. The highest BCUT2D eigenvalue weighted by Crippen LogP contribution is 2.47. The van der Waals surface area contributed by atoms with Gasteiger partial charge in [0.15, 0.2) is 0 Å². The van der Waals surface area contributed by atoms with Crippen LogP contribution in [0.4, 0.5) is 0 Å². The van der Waals surface area contributed by atoms with Crippen LogP contribution < -0.4 is 11.1 Å². The third-order valence-electron chi connectivity index (χ3n) is 9.01. The number of likely N-dealkylation sites (tertiary alicyclic amines) is 1. The van der Waals surface area contributed by atoms with Gasteiger partial charge < -0.3 is 25.8 Å². The van der Waals surface area contributed by atoms with Crippen molar-refractivity contribution in [1.29, 1.82) is 5.26 Å². The van der Waals surface area contributed by atoms with Gasteiger partial charge in [-0.25, -0.2) is 0 Å². The molecule has 10 heteroatoms. The molecule has 220 valence electrons. The maximum absolute atomic E-state index is 13.6. The zero-order valence-corrected chi connectivity index (χ0v) is 24.6. The van der Waals surface area contributed by atoms with Gasteiger partial charge in [-0.2, -0.15) is 5.26 Å². The lowest BCUT2D eigenvalue weighted by atomic mass is 9.69. The summed E-state index contributed by atoms with van der Waals surface area (Å²) in [4.78, 5) is 57.0. The number of carbonyl (C=O) groups is 4. The second-order valence-corrected chi connectivity index (χ2v) is 12.1. The van der Waals surface area contributed by atoms with Crippen LogP contribution in [0.3, 0.4) is 0 Å². The van der Waals surface area contributed by atoms with Crippen LogP contribution in [0, 0.1) is 17.2 Å². The number of hydrogen-bond donors (Lipinski definition) is 2. The van der Waals surface area contributed by atoms with E-state index in [-0.39, 0.29) is 42.8 Å². The molecule has 2 aliphatic carbocycles. The fourth-order valence-electron chi connectivity index (χ4n) is 6.78. The highest BCUT2D eigenvalue weighted by molar-refractivity contribution is 5.97. The molecule has 3 aliphatic rings. The number of fused-ring (bicyclic) bond motifs is 3. The van der Waals surface area contributed by atoms with E-state index in [9.17, 15) is 24.4 Å². The Hall–Kier alpha value is -4.23. The van der Waals surface area contributed by atoms with E-state index in [1.54, 1.807) is 45.2 Å². The van der Waals surface area contributed by atoms with Crippen molar-refractivity contribution in [2.24, 2.45) is 11.7 Å². The third-order valence-corrected chi connectivity index (χ3v) is 9.01. The molecule has 4 amide bonds. The summed E-state index contributed by atoms with van der Waals surface area (Å²) < 4.78 is 0. The van der Waals surface area contributed by atoms with Gasteiger partial charge in [0.25, 0.3) is 11.8 Å². The minimum atomic E-state index is -1.25. The first kappa shape index (κ1) is 29.3. The van der Waals surface area contributed by atoms with Gasteiger partial charge in [-0.1, -0.05) is 12.1 Å². The lowest BCUT2D eigenvalue weighted by molar-refractivity contribution is -0.131. The van der Waals surface area contributed by atoms with Crippen molar-refractivity contribution >= 4 is 23.6 Å². The maximum atomic E-state index is 13.6. The number of carbonyl (C=O) groups excluding carboxylic acids is 4. The first-order chi connectivity index (χ1) is 20.0.